The predicted octanol–water partition coefficient (Wildman–Crippen LogP) is 4.99. The SMILES string of the molecule is Cc1cc(C)c(C=NCc2ccccc2Br)c(C)c1. The molecule has 2 aromatic rings. The minimum Gasteiger partial charge on any atom is -0.288 e. The molecule has 0 saturated carbocycles. The van der Waals surface area contributed by atoms with Crippen LogP contribution in [0.4, 0.5) is 0 Å². The topological polar surface area (TPSA) is 12.4 Å². The Labute approximate surface area is 123 Å². The maximum atomic E-state index is 4.57. The largest absolute Gasteiger partial charge is 0.288 e. The van der Waals surface area contributed by atoms with Gasteiger partial charge in [-0.25, -0.2) is 0 Å². The van der Waals surface area contributed by atoms with Gasteiger partial charge in [0.25, 0.3) is 0 Å². The Bertz CT molecular complexity index is 591. The van der Waals surface area contributed by atoms with Gasteiger partial charge in [-0.3, -0.25) is 4.99 Å². The van der Waals surface area contributed by atoms with Gasteiger partial charge in [0.05, 0.1) is 6.54 Å². The van der Waals surface area contributed by atoms with Crippen LogP contribution in [0.1, 0.15) is 27.8 Å². The Morgan fingerprint density at radius 1 is 1.05 bits per heavy atom. The molecule has 1 nitrogen and oxygen atoms in total. The van der Waals surface area contributed by atoms with Gasteiger partial charge in [0.2, 0.25) is 0 Å². The summed E-state index contributed by atoms with van der Waals surface area (Å²) in [7, 11) is 0. The lowest BCUT2D eigenvalue weighted by molar-refractivity contribution is 1.07. The van der Waals surface area contributed by atoms with Crippen LogP contribution in [0.3, 0.4) is 0 Å². The molecule has 0 N–H and O–H groups in total. The van der Waals surface area contributed by atoms with Crippen molar-refractivity contribution < 1.29 is 0 Å². The van der Waals surface area contributed by atoms with Crippen LogP contribution in [0, 0.1) is 20.8 Å². The molecule has 0 aliphatic heterocycles. The summed E-state index contributed by atoms with van der Waals surface area (Å²) >= 11 is 3.55. The van der Waals surface area contributed by atoms with Crippen molar-refractivity contribution in [2.75, 3.05) is 0 Å². The number of benzene rings is 2. The predicted molar refractivity (Wildman–Crippen MR) is 86.1 cm³/mol. The van der Waals surface area contributed by atoms with Gasteiger partial charge < -0.3 is 0 Å². The van der Waals surface area contributed by atoms with Crippen LogP contribution in [-0.4, -0.2) is 6.21 Å². The number of rotatable bonds is 3. The highest BCUT2D eigenvalue weighted by molar-refractivity contribution is 9.10. The molecule has 0 atom stereocenters. The van der Waals surface area contributed by atoms with Crippen molar-refractivity contribution in [1.82, 2.24) is 0 Å². The summed E-state index contributed by atoms with van der Waals surface area (Å²) in [6.07, 6.45) is 1.99. The van der Waals surface area contributed by atoms with Gasteiger partial charge >= 0.3 is 0 Å². The molecule has 0 radical (unpaired) electrons. The molecule has 2 aromatic carbocycles. The van der Waals surface area contributed by atoms with Gasteiger partial charge in [0, 0.05) is 10.7 Å². The smallest absolute Gasteiger partial charge is 0.0650 e. The van der Waals surface area contributed by atoms with Crippen molar-refractivity contribution in [2.45, 2.75) is 27.3 Å². The lowest BCUT2D eigenvalue weighted by atomic mass is 10.0. The van der Waals surface area contributed by atoms with Crippen LogP contribution in [0.25, 0.3) is 0 Å². The summed E-state index contributed by atoms with van der Waals surface area (Å²) in [6.45, 7) is 7.11. The number of nitrogens with zero attached hydrogens (tertiary/aromatic N) is 1. The molecule has 0 saturated heterocycles. The van der Waals surface area contributed by atoms with E-state index in [1.54, 1.807) is 0 Å². The van der Waals surface area contributed by atoms with E-state index in [1.807, 2.05) is 24.4 Å². The lowest BCUT2D eigenvalue weighted by Crippen LogP contribution is -1.94. The third-order valence-corrected chi connectivity index (χ3v) is 3.95. The first kappa shape index (κ1) is 14.0. The van der Waals surface area contributed by atoms with E-state index in [0.717, 1.165) is 4.47 Å². The van der Waals surface area contributed by atoms with Gasteiger partial charge in [-0.05, 0) is 49.1 Å². The number of aliphatic imine (C=N–C) groups is 1. The number of hydrogen-bond acceptors (Lipinski definition) is 1. The fourth-order valence-electron chi connectivity index (χ4n) is 2.26. The van der Waals surface area contributed by atoms with E-state index in [2.05, 4.69) is 59.9 Å². The van der Waals surface area contributed by atoms with Gasteiger partial charge in [0.15, 0.2) is 0 Å². The molecule has 0 aliphatic carbocycles. The van der Waals surface area contributed by atoms with E-state index < -0.39 is 0 Å². The van der Waals surface area contributed by atoms with Crippen LogP contribution < -0.4 is 0 Å². The van der Waals surface area contributed by atoms with Gasteiger partial charge in [0.1, 0.15) is 0 Å². The van der Waals surface area contributed by atoms with E-state index in [9.17, 15) is 0 Å². The Balaban J connectivity index is 2.18. The Morgan fingerprint density at radius 2 is 1.68 bits per heavy atom. The Hall–Kier alpha value is -1.41. The van der Waals surface area contributed by atoms with E-state index >= 15 is 0 Å². The summed E-state index contributed by atoms with van der Waals surface area (Å²) in [6, 6.07) is 12.6. The highest BCUT2D eigenvalue weighted by Crippen LogP contribution is 2.17. The van der Waals surface area contributed by atoms with Gasteiger partial charge in [-0.1, -0.05) is 51.8 Å². The molecular weight excluding hydrogens is 298 g/mol. The first-order valence-corrected chi connectivity index (χ1v) is 7.18. The minimum absolute atomic E-state index is 0.703. The summed E-state index contributed by atoms with van der Waals surface area (Å²) in [4.78, 5) is 4.57. The molecule has 98 valence electrons. The minimum atomic E-state index is 0.703. The number of halogens is 1. The van der Waals surface area contributed by atoms with E-state index in [0.29, 0.717) is 6.54 Å². The monoisotopic (exact) mass is 315 g/mol. The zero-order valence-electron chi connectivity index (χ0n) is 11.6. The molecule has 0 bridgehead atoms. The standard InChI is InChI=1S/C17H18BrN/c1-12-8-13(2)16(14(3)9-12)11-19-10-15-6-4-5-7-17(15)18/h4-9,11H,10H2,1-3H3. The maximum absolute atomic E-state index is 4.57. The van der Waals surface area contributed by atoms with Crippen molar-refractivity contribution in [2.24, 2.45) is 4.99 Å². The van der Waals surface area contributed by atoms with E-state index in [1.165, 1.54) is 27.8 Å². The van der Waals surface area contributed by atoms with Crippen molar-refractivity contribution in [3.63, 3.8) is 0 Å². The van der Waals surface area contributed by atoms with Crippen LogP contribution in [0.2, 0.25) is 0 Å². The zero-order chi connectivity index (χ0) is 13.8. The molecule has 0 aliphatic rings. The van der Waals surface area contributed by atoms with Crippen molar-refractivity contribution in [1.29, 1.82) is 0 Å². The Kier molecular flexibility index (Phi) is 4.54. The molecule has 19 heavy (non-hydrogen) atoms. The summed E-state index contributed by atoms with van der Waals surface area (Å²) in [5, 5.41) is 0. The van der Waals surface area contributed by atoms with Crippen molar-refractivity contribution in [3.05, 3.63) is 68.7 Å². The summed E-state index contributed by atoms with van der Waals surface area (Å²) < 4.78 is 1.12. The first-order valence-electron chi connectivity index (χ1n) is 6.39. The van der Waals surface area contributed by atoms with Gasteiger partial charge in [-0.2, -0.15) is 0 Å². The van der Waals surface area contributed by atoms with Crippen molar-refractivity contribution in [3.8, 4) is 0 Å². The van der Waals surface area contributed by atoms with Crippen LogP contribution in [-0.2, 0) is 6.54 Å². The molecule has 0 amide bonds. The van der Waals surface area contributed by atoms with E-state index in [4.69, 9.17) is 0 Å². The van der Waals surface area contributed by atoms with E-state index in [-0.39, 0.29) is 0 Å². The highest BCUT2D eigenvalue weighted by Gasteiger charge is 2.01. The first-order chi connectivity index (χ1) is 9.08. The third-order valence-electron chi connectivity index (χ3n) is 3.18. The van der Waals surface area contributed by atoms with Crippen molar-refractivity contribution >= 4 is 22.1 Å². The van der Waals surface area contributed by atoms with Crippen LogP contribution in [0.5, 0.6) is 0 Å². The van der Waals surface area contributed by atoms with Crippen LogP contribution in [0.15, 0.2) is 45.9 Å². The second kappa shape index (κ2) is 6.16. The molecule has 0 fully saturated rings. The maximum Gasteiger partial charge on any atom is 0.0650 e. The highest BCUT2D eigenvalue weighted by atomic mass is 79.9. The molecule has 0 heterocycles. The molecule has 0 spiro atoms. The normalized spacial score (nSPS) is 11.2. The average Bonchev–Trinajstić information content (AvgIpc) is 2.34. The van der Waals surface area contributed by atoms with Crippen LogP contribution >= 0.6 is 15.9 Å². The quantitative estimate of drug-likeness (QED) is 0.707. The fraction of sp³-hybridized carbons (Fsp3) is 0.235. The second-order valence-electron chi connectivity index (χ2n) is 4.87. The summed E-state index contributed by atoms with van der Waals surface area (Å²) in [5.74, 6) is 0. The molecular formula is C17H18BrN. The lowest BCUT2D eigenvalue weighted by Gasteiger charge is -2.06. The molecule has 2 heteroatoms. The number of aryl methyl sites for hydroxylation is 3. The third kappa shape index (κ3) is 3.54. The van der Waals surface area contributed by atoms with Gasteiger partial charge in [-0.15, -0.1) is 0 Å². The second-order valence-corrected chi connectivity index (χ2v) is 5.73. The average molecular weight is 316 g/mol. The molecule has 2 rings (SSSR count). The fourth-order valence-corrected chi connectivity index (χ4v) is 2.67. The molecule has 0 aromatic heterocycles. The number of hydrogen-bond donors (Lipinski definition) is 0. The zero-order valence-corrected chi connectivity index (χ0v) is 13.2. The molecule has 0 unspecified atom stereocenters. The summed E-state index contributed by atoms with van der Waals surface area (Å²) in [5.41, 5.74) is 6.32. The Morgan fingerprint density at radius 3 is 2.32 bits per heavy atom.